The average Bonchev–Trinajstić information content (AvgIpc) is 3.29. The minimum Gasteiger partial charge on any atom is -0.378 e. The molecule has 2 aromatic rings. The molecule has 1 aromatic heterocycles. The second-order valence-electron chi connectivity index (χ2n) is 7.37. The maximum Gasteiger partial charge on any atom is 0.254 e. The zero-order chi connectivity index (χ0) is 18.7. The Morgan fingerprint density at radius 2 is 1.81 bits per heavy atom. The van der Waals surface area contributed by atoms with Gasteiger partial charge in [0.15, 0.2) is 0 Å². The summed E-state index contributed by atoms with van der Waals surface area (Å²) in [6.45, 7) is 3.84. The molecular formula is C20H24N4O3. The number of hydrogen-bond acceptors (Lipinski definition) is 4. The summed E-state index contributed by atoms with van der Waals surface area (Å²) in [5, 5.41) is 7.29. The Bertz CT molecular complexity index is 791. The highest BCUT2D eigenvalue weighted by Gasteiger charge is 2.43. The molecule has 1 aliphatic carbocycles. The number of hydrogen-bond donors (Lipinski definition) is 1. The molecule has 1 aromatic carbocycles. The molecule has 0 spiro atoms. The monoisotopic (exact) mass is 368 g/mol. The molecule has 7 nitrogen and oxygen atoms in total. The van der Waals surface area contributed by atoms with Crippen LogP contribution in [-0.2, 0) is 11.3 Å². The lowest BCUT2D eigenvalue weighted by Crippen LogP contribution is -2.40. The Kier molecular flexibility index (Phi) is 4.94. The maximum atomic E-state index is 12.5. The first-order valence-corrected chi connectivity index (χ1v) is 9.38. The van der Waals surface area contributed by atoms with Crippen LogP contribution < -0.4 is 5.32 Å². The number of nitrogens with one attached hydrogen (secondary N) is 1. The fourth-order valence-corrected chi connectivity index (χ4v) is 3.39. The number of ether oxygens (including phenoxy) is 1. The Hall–Kier alpha value is -2.67. The smallest absolute Gasteiger partial charge is 0.254 e. The molecule has 1 saturated carbocycles. The molecule has 2 fully saturated rings. The highest BCUT2D eigenvalue weighted by molar-refractivity contribution is 5.97. The van der Waals surface area contributed by atoms with Crippen molar-refractivity contribution < 1.29 is 14.3 Å². The van der Waals surface area contributed by atoms with Crippen molar-refractivity contribution in [1.82, 2.24) is 20.0 Å². The predicted molar refractivity (Wildman–Crippen MR) is 99.4 cm³/mol. The SMILES string of the molecule is O=C(NCC1(Cn2cccn2)CC1)c1ccc(C(=O)N2CCOCC2)cc1. The number of benzene rings is 1. The van der Waals surface area contributed by atoms with Crippen LogP contribution in [0.1, 0.15) is 33.6 Å². The molecule has 0 atom stereocenters. The third-order valence-corrected chi connectivity index (χ3v) is 5.33. The maximum absolute atomic E-state index is 12.5. The van der Waals surface area contributed by atoms with Crippen molar-refractivity contribution >= 4 is 11.8 Å². The van der Waals surface area contributed by atoms with Crippen LogP contribution in [0.3, 0.4) is 0 Å². The highest BCUT2D eigenvalue weighted by Crippen LogP contribution is 2.46. The van der Waals surface area contributed by atoms with Gasteiger partial charge in [-0.25, -0.2) is 0 Å². The van der Waals surface area contributed by atoms with Crippen molar-refractivity contribution in [3.05, 3.63) is 53.9 Å². The van der Waals surface area contributed by atoms with E-state index < -0.39 is 0 Å². The second-order valence-corrected chi connectivity index (χ2v) is 7.37. The first-order chi connectivity index (χ1) is 13.2. The molecule has 0 unspecified atom stereocenters. The molecule has 7 heteroatoms. The van der Waals surface area contributed by atoms with Gasteiger partial charge in [-0.2, -0.15) is 5.10 Å². The lowest BCUT2D eigenvalue weighted by molar-refractivity contribution is 0.0303. The van der Waals surface area contributed by atoms with E-state index in [0.717, 1.165) is 19.4 Å². The first-order valence-electron chi connectivity index (χ1n) is 9.38. The molecule has 0 radical (unpaired) electrons. The van der Waals surface area contributed by atoms with Gasteiger partial charge in [0.25, 0.3) is 11.8 Å². The summed E-state index contributed by atoms with van der Waals surface area (Å²) in [7, 11) is 0. The summed E-state index contributed by atoms with van der Waals surface area (Å²) >= 11 is 0. The zero-order valence-electron chi connectivity index (χ0n) is 15.3. The third-order valence-electron chi connectivity index (χ3n) is 5.33. The van der Waals surface area contributed by atoms with Crippen LogP contribution in [0.4, 0.5) is 0 Å². The molecule has 0 bridgehead atoms. The van der Waals surface area contributed by atoms with Crippen LogP contribution in [-0.4, -0.2) is 59.3 Å². The van der Waals surface area contributed by atoms with Gasteiger partial charge in [-0.15, -0.1) is 0 Å². The van der Waals surface area contributed by atoms with E-state index in [0.29, 0.717) is 44.0 Å². The number of rotatable bonds is 6. The van der Waals surface area contributed by atoms with Gasteiger partial charge in [0, 0.05) is 55.1 Å². The number of amides is 2. The molecule has 1 N–H and O–H groups in total. The summed E-state index contributed by atoms with van der Waals surface area (Å²) in [6.07, 6.45) is 5.92. The molecule has 27 heavy (non-hydrogen) atoms. The topological polar surface area (TPSA) is 76.5 Å². The van der Waals surface area contributed by atoms with Gasteiger partial charge in [0.1, 0.15) is 0 Å². The van der Waals surface area contributed by atoms with E-state index in [-0.39, 0.29) is 17.2 Å². The van der Waals surface area contributed by atoms with Crippen molar-refractivity contribution in [2.24, 2.45) is 5.41 Å². The van der Waals surface area contributed by atoms with E-state index in [1.54, 1.807) is 35.4 Å². The van der Waals surface area contributed by atoms with Gasteiger partial charge >= 0.3 is 0 Å². The molecule has 142 valence electrons. The van der Waals surface area contributed by atoms with Gasteiger partial charge in [-0.05, 0) is 43.2 Å². The average molecular weight is 368 g/mol. The molecule has 1 aliphatic heterocycles. The van der Waals surface area contributed by atoms with Crippen LogP contribution in [0.2, 0.25) is 0 Å². The molecule has 2 amide bonds. The number of morpholine rings is 1. The van der Waals surface area contributed by atoms with Crippen molar-refractivity contribution in [1.29, 1.82) is 0 Å². The van der Waals surface area contributed by atoms with Gasteiger partial charge in [0.05, 0.1) is 13.2 Å². The fourth-order valence-electron chi connectivity index (χ4n) is 3.39. The normalized spacial score (nSPS) is 18.1. The summed E-state index contributed by atoms with van der Waals surface area (Å²) in [4.78, 5) is 26.7. The van der Waals surface area contributed by atoms with Crippen molar-refractivity contribution in [3.63, 3.8) is 0 Å². The molecular weight excluding hydrogens is 344 g/mol. The van der Waals surface area contributed by atoms with E-state index in [9.17, 15) is 9.59 Å². The lowest BCUT2D eigenvalue weighted by atomic mass is 10.1. The Balaban J connectivity index is 1.32. The Morgan fingerprint density at radius 3 is 2.44 bits per heavy atom. The molecule has 1 saturated heterocycles. The summed E-state index contributed by atoms with van der Waals surface area (Å²) in [5.41, 5.74) is 1.29. The van der Waals surface area contributed by atoms with E-state index in [4.69, 9.17) is 4.74 Å². The van der Waals surface area contributed by atoms with Crippen molar-refractivity contribution in [2.75, 3.05) is 32.8 Å². The minimum absolute atomic E-state index is 0.0126. The fraction of sp³-hybridized carbons (Fsp3) is 0.450. The van der Waals surface area contributed by atoms with Crippen LogP contribution in [0.5, 0.6) is 0 Å². The minimum atomic E-state index is -0.105. The molecule has 2 aliphatic rings. The quantitative estimate of drug-likeness (QED) is 0.840. The Labute approximate surface area is 158 Å². The van der Waals surface area contributed by atoms with E-state index in [1.165, 1.54) is 0 Å². The van der Waals surface area contributed by atoms with Crippen LogP contribution in [0.15, 0.2) is 42.7 Å². The number of carbonyl (C=O) groups excluding carboxylic acids is 2. The summed E-state index contributed by atoms with van der Waals surface area (Å²) < 4.78 is 7.20. The number of nitrogens with zero attached hydrogens (tertiary/aromatic N) is 3. The third kappa shape index (κ3) is 4.19. The van der Waals surface area contributed by atoms with E-state index >= 15 is 0 Å². The van der Waals surface area contributed by atoms with Gasteiger partial charge in [-0.3, -0.25) is 14.3 Å². The van der Waals surface area contributed by atoms with Crippen molar-refractivity contribution in [2.45, 2.75) is 19.4 Å². The van der Waals surface area contributed by atoms with E-state index in [1.807, 2.05) is 16.9 Å². The van der Waals surface area contributed by atoms with Crippen LogP contribution in [0, 0.1) is 5.41 Å². The zero-order valence-corrected chi connectivity index (χ0v) is 15.3. The Morgan fingerprint density at radius 1 is 1.11 bits per heavy atom. The largest absolute Gasteiger partial charge is 0.378 e. The van der Waals surface area contributed by atoms with Gasteiger partial charge in [-0.1, -0.05) is 0 Å². The summed E-state index contributed by atoms with van der Waals surface area (Å²) in [6, 6.07) is 8.80. The van der Waals surface area contributed by atoms with E-state index in [2.05, 4.69) is 10.4 Å². The summed E-state index contributed by atoms with van der Waals surface area (Å²) in [5.74, 6) is -0.117. The second kappa shape index (κ2) is 7.52. The molecule has 2 heterocycles. The first kappa shape index (κ1) is 17.7. The van der Waals surface area contributed by atoms with Gasteiger partial charge in [0.2, 0.25) is 0 Å². The van der Waals surface area contributed by atoms with Crippen LogP contribution >= 0.6 is 0 Å². The molecule has 4 rings (SSSR count). The lowest BCUT2D eigenvalue weighted by Gasteiger charge is -2.26. The van der Waals surface area contributed by atoms with Gasteiger partial charge < -0.3 is 15.0 Å². The predicted octanol–water partition coefficient (Wildman–Crippen LogP) is 1.57. The highest BCUT2D eigenvalue weighted by atomic mass is 16.5. The van der Waals surface area contributed by atoms with Crippen LogP contribution in [0.25, 0.3) is 0 Å². The number of aromatic nitrogens is 2. The standard InChI is InChI=1S/C20H24N4O3/c25-18(21-14-20(6-7-20)15-24-9-1-8-22-24)16-2-4-17(5-3-16)19(26)23-10-12-27-13-11-23/h1-5,8-9H,6-7,10-15H2,(H,21,25). The number of carbonyl (C=O) groups is 2. The van der Waals surface area contributed by atoms with Crippen molar-refractivity contribution in [3.8, 4) is 0 Å².